The van der Waals surface area contributed by atoms with Gasteiger partial charge in [-0.1, -0.05) is 43.2 Å². The molecule has 0 aliphatic heterocycles. The topological polar surface area (TPSA) is 123 Å². The fourth-order valence-electron chi connectivity index (χ4n) is 3.20. The van der Waals surface area contributed by atoms with Gasteiger partial charge in [0.05, 0.1) is 6.54 Å². The maximum Gasteiger partial charge on any atom is 0.323 e. The second-order valence-corrected chi connectivity index (χ2v) is 10.8. The average molecular weight is 442 g/mol. The Hall–Kier alpha value is -2.15. The van der Waals surface area contributed by atoms with E-state index in [4.69, 9.17) is 0 Å². The van der Waals surface area contributed by atoms with Gasteiger partial charge in [-0.05, 0) is 12.8 Å². The molecule has 0 saturated heterocycles. The largest absolute Gasteiger partial charge is 0.323 e. The van der Waals surface area contributed by atoms with Crippen LogP contribution in [0.25, 0.3) is 0 Å². The highest BCUT2D eigenvalue weighted by Crippen LogP contribution is 2.28. The molecule has 1 heterocycles. The molecule has 1 aliphatic carbocycles. The van der Waals surface area contributed by atoms with E-state index in [2.05, 4.69) is 10.1 Å². The molecular weight excluding hydrogens is 418 g/mol. The lowest BCUT2D eigenvalue weighted by molar-refractivity contribution is 0.0953. The van der Waals surface area contributed by atoms with Crippen molar-refractivity contribution < 1.29 is 21.6 Å². The third kappa shape index (κ3) is 4.39. The van der Waals surface area contributed by atoms with Crippen LogP contribution in [0.15, 0.2) is 41.8 Å². The number of carbonyl (C=O) groups is 1. The molecule has 1 saturated carbocycles. The van der Waals surface area contributed by atoms with Gasteiger partial charge >= 0.3 is 10.2 Å². The second-order valence-electron chi connectivity index (χ2n) is 6.97. The minimum Gasteiger partial charge on any atom is -0.293 e. The minimum atomic E-state index is -4.27. The maximum absolute atomic E-state index is 13.2. The van der Waals surface area contributed by atoms with Gasteiger partial charge in [-0.15, -0.1) is 9.19 Å². The Kier molecular flexibility index (Phi) is 6.17. The lowest BCUT2D eigenvalue weighted by atomic mass is 10.1. The first-order valence-corrected chi connectivity index (χ1v) is 11.9. The van der Waals surface area contributed by atoms with Crippen LogP contribution in [0.5, 0.6) is 0 Å². The Bertz CT molecular complexity index is 1070. The summed E-state index contributed by atoms with van der Waals surface area (Å²) in [6, 6.07) is 8.07. The number of hydrogen-bond acceptors (Lipinski definition) is 7. The molecule has 0 radical (unpaired) electrons. The monoisotopic (exact) mass is 441 g/mol. The van der Waals surface area contributed by atoms with Gasteiger partial charge < -0.3 is 0 Å². The van der Waals surface area contributed by atoms with Gasteiger partial charge in [-0.25, -0.2) is 13.4 Å². The summed E-state index contributed by atoms with van der Waals surface area (Å²) in [5.74, 6) is -0.346. The van der Waals surface area contributed by atoms with Crippen LogP contribution in [0.4, 0.5) is 0 Å². The molecule has 12 heteroatoms. The summed E-state index contributed by atoms with van der Waals surface area (Å²) in [6.45, 7) is -0.355. The molecular formula is C17H23N5O5S2. The summed E-state index contributed by atoms with van der Waals surface area (Å²) in [7, 11) is -5.67. The van der Waals surface area contributed by atoms with Crippen LogP contribution in [0.3, 0.4) is 0 Å². The molecule has 0 spiro atoms. The Labute approximate surface area is 170 Å². The van der Waals surface area contributed by atoms with E-state index in [-0.39, 0.29) is 18.4 Å². The smallest absolute Gasteiger partial charge is 0.293 e. The van der Waals surface area contributed by atoms with Crippen LogP contribution >= 0.6 is 0 Å². The summed E-state index contributed by atoms with van der Waals surface area (Å²) in [5.41, 5.74) is 0.402. The van der Waals surface area contributed by atoms with Crippen LogP contribution in [0, 0.1) is 0 Å². The molecule has 0 bridgehead atoms. The van der Waals surface area contributed by atoms with E-state index in [0.29, 0.717) is 22.5 Å². The van der Waals surface area contributed by atoms with Crippen LogP contribution in [0.1, 0.15) is 36.0 Å². The molecule has 29 heavy (non-hydrogen) atoms. The zero-order valence-corrected chi connectivity index (χ0v) is 17.8. The predicted molar refractivity (Wildman–Crippen MR) is 105 cm³/mol. The van der Waals surface area contributed by atoms with Gasteiger partial charge in [0, 0.05) is 25.7 Å². The number of Topliss-reactive ketones (excluding diaryl/α,β-unsaturated/α-hetero) is 1. The zero-order chi connectivity index (χ0) is 21.2. The third-order valence-corrected chi connectivity index (χ3v) is 8.08. The lowest BCUT2D eigenvalue weighted by Crippen LogP contribution is -2.42. The molecule has 0 amide bonds. The Morgan fingerprint density at radius 2 is 1.72 bits per heavy atom. The van der Waals surface area contributed by atoms with E-state index < -0.39 is 25.4 Å². The normalized spacial score (nSPS) is 16.0. The molecule has 3 rings (SSSR count). The average Bonchev–Trinajstić information content (AvgIpc) is 3.38. The van der Waals surface area contributed by atoms with E-state index in [1.807, 2.05) is 0 Å². The van der Waals surface area contributed by atoms with Gasteiger partial charge in [0.1, 0.15) is 6.33 Å². The summed E-state index contributed by atoms with van der Waals surface area (Å²) in [4.78, 5) is 16.4. The highest BCUT2D eigenvalue weighted by molar-refractivity contribution is 7.89. The number of hydrogen-bond donors (Lipinski definition) is 0. The van der Waals surface area contributed by atoms with Gasteiger partial charge in [0.25, 0.3) is 15.2 Å². The fourth-order valence-corrected chi connectivity index (χ4v) is 5.40. The number of nitrogens with zero attached hydrogens (tertiary/aromatic N) is 5. The van der Waals surface area contributed by atoms with E-state index in [1.165, 1.54) is 14.1 Å². The standard InChI is InChI=1S/C17H23N5O5S2/c1-20(2)29(26,27)22-13-18-17(19-22)28(24,25)21(15-10-6-7-11-15)12-16(23)14-8-4-3-5-9-14/h3-5,8-9,13,15H,6-7,10-12H2,1-2H3. The number of ketones is 1. The van der Waals surface area contributed by atoms with Crippen molar-refractivity contribution in [2.75, 3.05) is 20.6 Å². The first kappa shape index (κ1) is 21.6. The molecule has 158 valence electrons. The first-order chi connectivity index (χ1) is 13.6. The zero-order valence-electron chi connectivity index (χ0n) is 16.2. The van der Waals surface area contributed by atoms with Crippen LogP contribution in [-0.2, 0) is 20.2 Å². The van der Waals surface area contributed by atoms with Gasteiger partial charge in [0.15, 0.2) is 5.78 Å². The molecule has 2 aromatic rings. The lowest BCUT2D eigenvalue weighted by Gasteiger charge is -2.26. The van der Waals surface area contributed by atoms with E-state index >= 15 is 0 Å². The van der Waals surface area contributed by atoms with Gasteiger partial charge in [0.2, 0.25) is 0 Å². The molecule has 1 aromatic carbocycles. The third-order valence-electron chi connectivity index (χ3n) is 4.82. The van der Waals surface area contributed by atoms with Gasteiger partial charge in [-0.3, -0.25) is 4.79 Å². The molecule has 1 fully saturated rings. The highest BCUT2D eigenvalue weighted by atomic mass is 32.2. The number of benzene rings is 1. The molecule has 10 nitrogen and oxygen atoms in total. The van der Waals surface area contributed by atoms with Crippen molar-refractivity contribution in [2.24, 2.45) is 0 Å². The van der Waals surface area contributed by atoms with Crippen molar-refractivity contribution >= 4 is 26.0 Å². The maximum atomic E-state index is 13.2. The molecule has 0 unspecified atom stereocenters. The fraction of sp³-hybridized carbons (Fsp3) is 0.471. The van der Waals surface area contributed by atoms with Crippen molar-refractivity contribution in [1.82, 2.24) is 22.8 Å². The second kappa shape index (κ2) is 8.30. The molecule has 1 aromatic heterocycles. The quantitative estimate of drug-likeness (QED) is 0.554. The molecule has 1 aliphatic rings. The summed E-state index contributed by atoms with van der Waals surface area (Å²) >= 11 is 0. The number of carbonyl (C=O) groups excluding carboxylic acids is 1. The molecule has 0 N–H and O–H groups in total. The van der Waals surface area contributed by atoms with Gasteiger partial charge in [-0.2, -0.15) is 17.0 Å². The number of sulfonamides is 1. The van der Waals surface area contributed by atoms with Crippen molar-refractivity contribution in [2.45, 2.75) is 36.9 Å². The van der Waals surface area contributed by atoms with Crippen LogP contribution in [-0.4, -0.2) is 72.1 Å². The number of rotatable bonds is 8. The number of aromatic nitrogens is 3. The Morgan fingerprint density at radius 3 is 2.31 bits per heavy atom. The summed E-state index contributed by atoms with van der Waals surface area (Å²) < 4.78 is 53.3. The van der Waals surface area contributed by atoms with Crippen molar-refractivity contribution in [3.05, 3.63) is 42.2 Å². The minimum absolute atomic E-state index is 0.346. The van der Waals surface area contributed by atoms with Crippen molar-refractivity contribution in [3.63, 3.8) is 0 Å². The first-order valence-electron chi connectivity index (χ1n) is 9.09. The molecule has 0 atom stereocenters. The Morgan fingerprint density at radius 1 is 1.10 bits per heavy atom. The summed E-state index contributed by atoms with van der Waals surface area (Å²) in [6.07, 6.45) is 3.80. The van der Waals surface area contributed by atoms with Crippen molar-refractivity contribution in [3.8, 4) is 0 Å². The van der Waals surface area contributed by atoms with Crippen molar-refractivity contribution in [1.29, 1.82) is 0 Å². The predicted octanol–water partition coefficient (Wildman–Crippen LogP) is 0.749. The van der Waals surface area contributed by atoms with E-state index in [0.717, 1.165) is 27.8 Å². The SMILES string of the molecule is CN(C)S(=O)(=O)n1cnc(S(=O)(=O)N(CC(=O)c2ccccc2)C2CCCC2)n1. The van der Waals surface area contributed by atoms with Crippen LogP contribution < -0.4 is 0 Å². The highest BCUT2D eigenvalue weighted by Gasteiger charge is 2.38. The van der Waals surface area contributed by atoms with Crippen LogP contribution in [0.2, 0.25) is 0 Å². The van der Waals surface area contributed by atoms with E-state index in [9.17, 15) is 21.6 Å². The van der Waals surface area contributed by atoms with E-state index in [1.54, 1.807) is 30.3 Å². The Balaban J connectivity index is 1.95. The summed E-state index contributed by atoms with van der Waals surface area (Å²) in [5, 5.41) is 3.04.